The minimum absolute atomic E-state index is 0.743. The van der Waals surface area contributed by atoms with Gasteiger partial charge in [-0.2, -0.15) is 5.26 Å². The molecular formula is C9H3BrINS. The Labute approximate surface area is 102 Å². The summed E-state index contributed by atoms with van der Waals surface area (Å²) in [5.41, 5.74) is 0.743. The van der Waals surface area contributed by atoms with Crippen LogP contribution in [0.15, 0.2) is 22.0 Å². The quantitative estimate of drug-likeness (QED) is 0.645. The second-order valence-corrected chi connectivity index (χ2v) is 5.45. The lowest BCUT2D eigenvalue weighted by Gasteiger charge is -1.95. The molecule has 0 aliphatic carbocycles. The fraction of sp³-hybridized carbons (Fsp3) is 0. The smallest absolute Gasteiger partial charge is 0.100 e. The largest absolute Gasteiger partial charge is 0.192 e. The van der Waals surface area contributed by atoms with Crippen molar-refractivity contribution in [3.63, 3.8) is 0 Å². The van der Waals surface area contributed by atoms with Gasteiger partial charge in [-0.15, -0.1) is 11.3 Å². The van der Waals surface area contributed by atoms with E-state index in [1.54, 1.807) is 11.3 Å². The fourth-order valence-corrected chi connectivity index (χ4v) is 3.48. The van der Waals surface area contributed by atoms with E-state index in [4.69, 9.17) is 5.26 Å². The van der Waals surface area contributed by atoms with Crippen LogP contribution in [0.25, 0.3) is 10.1 Å². The van der Waals surface area contributed by atoms with E-state index in [1.807, 2.05) is 17.5 Å². The van der Waals surface area contributed by atoms with Gasteiger partial charge in [0.25, 0.3) is 0 Å². The molecule has 1 nitrogen and oxygen atoms in total. The Morgan fingerprint density at radius 3 is 2.92 bits per heavy atom. The molecule has 0 radical (unpaired) electrons. The summed E-state index contributed by atoms with van der Waals surface area (Å²) >= 11 is 7.33. The van der Waals surface area contributed by atoms with Gasteiger partial charge in [0.05, 0.1) is 5.56 Å². The van der Waals surface area contributed by atoms with Crippen molar-refractivity contribution < 1.29 is 0 Å². The van der Waals surface area contributed by atoms with Gasteiger partial charge in [0.15, 0.2) is 0 Å². The van der Waals surface area contributed by atoms with Gasteiger partial charge < -0.3 is 0 Å². The predicted octanol–water partition coefficient (Wildman–Crippen LogP) is 4.14. The van der Waals surface area contributed by atoms with E-state index in [0.29, 0.717) is 0 Å². The maximum Gasteiger partial charge on any atom is 0.100 e. The summed E-state index contributed by atoms with van der Waals surface area (Å²) in [6.45, 7) is 0. The molecule has 4 heteroatoms. The lowest BCUT2D eigenvalue weighted by Crippen LogP contribution is -1.79. The number of benzene rings is 1. The molecule has 1 aromatic carbocycles. The minimum atomic E-state index is 0.743. The van der Waals surface area contributed by atoms with Crippen molar-refractivity contribution in [2.45, 2.75) is 0 Å². The molecule has 0 N–H and O–H groups in total. The van der Waals surface area contributed by atoms with Crippen molar-refractivity contribution in [2.24, 2.45) is 0 Å². The molecule has 0 aliphatic rings. The third kappa shape index (κ3) is 1.60. The van der Waals surface area contributed by atoms with Gasteiger partial charge in [-0.1, -0.05) is 0 Å². The molecule has 0 fully saturated rings. The lowest BCUT2D eigenvalue weighted by atomic mass is 10.2. The van der Waals surface area contributed by atoms with Gasteiger partial charge in [-0.3, -0.25) is 0 Å². The summed E-state index contributed by atoms with van der Waals surface area (Å²) in [7, 11) is 0. The fourth-order valence-electron chi connectivity index (χ4n) is 1.10. The van der Waals surface area contributed by atoms with Crippen molar-refractivity contribution in [2.75, 3.05) is 0 Å². The normalized spacial score (nSPS) is 10.2. The SMILES string of the molecule is N#Cc1cc2c(Br)csc2cc1I. The molecule has 2 aromatic rings. The van der Waals surface area contributed by atoms with E-state index in [0.717, 1.165) is 19.0 Å². The molecule has 0 amide bonds. The molecule has 1 aromatic heterocycles. The van der Waals surface area contributed by atoms with Crippen LogP contribution in [0.5, 0.6) is 0 Å². The van der Waals surface area contributed by atoms with Crippen LogP contribution in [0.2, 0.25) is 0 Å². The van der Waals surface area contributed by atoms with Crippen molar-refractivity contribution in [3.8, 4) is 6.07 Å². The Hall–Kier alpha value is -0.120. The van der Waals surface area contributed by atoms with Gasteiger partial charge in [0.2, 0.25) is 0 Å². The van der Waals surface area contributed by atoms with Crippen molar-refractivity contribution in [1.82, 2.24) is 0 Å². The molecule has 0 unspecified atom stereocenters. The monoisotopic (exact) mass is 363 g/mol. The zero-order chi connectivity index (χ0) is 9.42. The van der Waals surface area contributed by atoms with Crippen LogP contribution in [0.1, 0.15) is 5.56 Å². The number of halogens is 2. The molecule has 0 spiro atoms. The average Bonchev–Trinajstić information content (AvgIpc) is 2.46. The first-order valence-electron chi connectivity index (χ1n) is 3.48. The van der Waals surface area contributed by atoms with E-state index in [2.05, 4.69) is 44.6 Å². The second-order valence-electron chi connectivity index (χ2n) is 2.52. The lowest BCUT2D eigenvalue weighted by molar-refractivity contribution is 1.48. The highest BCUT2D eigenvalue weighted by Gasteiger charge is 2.05. The van der Waals surface area contributed by atoms with Crippen molar-refractivity contribution in [3.05, 3.63) is 31.1 Å². The maximum absolute atomic E-state index is 8.84. The number of nitriles is 1. The highest BCUT2D eigenvalue weighted by Crippen LogP contribution is 2.32. The van der Waals surface area contributed by atoms with Crippen LogP contribution in [0.3, 0.4) is 0 Å². The zero-order valence-electron chi connectivity index (χ0n) is 6.34. The second kappa shape index (κ2) is 3.56. The number of nitrogens with zero attached hydrogens (tertiary/aromatic N) is 1. The topological polar surface area (TPSA) is 23.8 Å². The summed E-state index contributed by atoms with van der Waals surface area (Å²) in [6, 6.07) is 6.15. The van der Waals surface area contributed by atoms with E-state index < -0.39 is 0 Å². The Bertz CT molecular complexity index is 512. The van der Waals surface area contributed by atoms with E-state index >= 15 is 0 Å². The summed E-state index contributed by atoms with van der Waals surface area (Å²) in [5, 5.41) is 12.0. The summed E-state index contributed by atoms with van der Waals surface area (Å²) in [4.78, 5) is 0. The first kappa shape index (κ1) is 9.44. The first-order chi connectivity index (χ1) is 6.22. The van der Waals surface area contributed by atoms with Gasteiger partial charge in [0, 0.05) is 23.5 Å². The zero-order valence-corrected chi connectivity index (χ0v) is 10.9. The molecule has 2 rings (SSSR count). The summed E-state index contributed by atoms with van der Waals surface area (Å²) in [6.07, 6.45) is 0. The van der Waals surface area contributed by atoms with Crippen LogP contribution >= 0.6 is 49.9 Å². The molecule has 64 valence electrons. The summed E-state index contributed by atoms with van der Waals surface area (Å²) < 4.78 is 3.30. The molecule has 13 heavy (non-hydrogen) atoms. The Morgan fingerprint density at radius 1 is 1.46 bits per heavy atom. The standard InChI is InChI=1S/C9H3BrINS/c10-7-4-13-9-2-8(11)5(3-12)1-6(7)9/h1-2,4H. The predicted molar refractivity (Wildman–Crippen MR) is 67.0 cm³/mol. The van der Waals surface area contributed by atoms with Crippen LogP contribution < -0.4 is 0 Å². The average molecular weight is 364 g/mol. The minimum Gasteiger partial charge on any atom is -0.192 e. The van der Waals surface area contributed by atoms with Gasteiger partial charge in [-0.25, -0.2) is 0 Å². The number of hydrogen-bond donors (Lipinski definition) is 0. The van der Waals surface area contributed by atoms with Crippen molar-refractivity contribution in [1.29, 1.82) is 5.26 Å². The van der Waals surface area contributed by atoms with Gasteiger partial charge in [-0.05, 0) is 50.7 Å². The molecule has 0 aliphatic heterocycles. The van der Waals surface area contributed by atoms with Crippen LogP contribution in [0, 0.1) is 14.9 Å². The highest BCUT2D eigenvalue weighted by molar-refractivity contribution is 14.1. The molecular weight excluding hydrogens is 361 g/mol. The van der Waals surface area contributed by atoms with E-state index in [-0.39, 0.29) is 0 Å². The number of rotatable bonds is 0. The van der Waals surface area contributed by atoms with Crippen LogP contribution in [0.4, 0.5) is 0 Å². The van der Waals surface area contributed by atoms with Crippen LogP contribution in [-0.4, -0.2) is 0 Å². The van der Waals surface area contributed by atoms with Gasteiger partial charge in [0.1, 0.15) is 6.07 Å². The third-order valence-electron chi connectivity index (χ3n) is 1.74. The summed E-state index contributed by atoms with van der Waals surface area (Å²) in [5.74, 6) is 0. The number of thiophene rings is 1. The molecule has 0 bridgehead atoms. The molecule has 0 saturated carbocycles. The number of hydrogen-bond acceptors (Lipinski definition) is 2. The molecule has 0 atom stereocenters. The Balaban J connectivity index is 2.86. The molecule has 1 heterocycles. The molecule has 0 saturated heterocycles. The van der Waals surface area contributed by atoms with Gasteiger partial charge >= 0.3 is 0 Å². The highest BCUT2D eigenvalue weighted by atomic mass is 127. The first-order valence-corrected chi connectivity index (χ1v) is 6.24. The van der Waals surface area contributed by atoms with E-state index in [1.165, 1.54) is 4.70 Å². The Morgan fingerprint density at radius 2 is 2.23 bits per heavy atom. The third-order valence-corrected chi connectivity index (χ3v) is 4.53. The number of fused-ring (bicyclic) bond motifs is 1. The van der Waals surface area contributed by atoms with Crippen LogP contribution in [-0.2, 0) is 0 Å². The Kier molecular flexibility index (Phi) is 2.58. The maximum atomic E-state index is 8.84. The van der Waals surface area contributed by atoms with E-state index in [9.17, 15) is 0 Å². The van der Waals surface area contributed by atoms with Crippen molar-refractivity contribution >= 4 is 59.9 Å².